The van der Waals surface area contributed by atoms with Gasteiger partial charge in [0, 0.05) is 5.02 Å². The first-order valence-corrected chi connectivity index (χ1v) is 9.07. The van der Waals surface area contributed by atoms with Crippen LogP contribution >= 0.6 is 11.6 Å². The molecular formula is C16H15ClN2O6S. The van der Waals surface area contributed by atoms with Crippen molar-refractivity contribution in [3.8, 4) is 5.75 Å². The first-order chi connectivity index (χ1) is 12.2. The van der Waals surface area contributed by atoms with Crippen molar-refractivity contribution in [2.45, 2.75) is 4.90 Å². The van der Waals surface area contributed by atoms with E-state index in [1.807, 2.05) is 0 Å². The van der Waals surface area contributed by atoms with Gasteiger partial charge in [0.15, 0.2) is 6.61 Å². The van der Waals surface area contributed by atoms with Crippen LogP contribution in [0.15, 0.2) is 53.4 Å². The number of hydrogen-bond donors (Lipinski definition) is 1. The summed E-state index contributed by atoms with van der Waals surface area (Å²) in [6.07, 6.45) is -0.946. The van der Waals surface area contributed by atoms with Crippen LogP contribution in [0.25, 0.3) is 0 Å². The molecule has 8 nitrogen and oxygen atoms in total. The zero-order chi connectivity index (χ0) is 19.3. The number of sulfonamides is 1. The Morgan fingerprint density at radius 1 is 1.08 bits per heavy atom. The number of nitrogens with zero attached hydrogens (tertiary/aromatic N) is 1. The Bertz CT molecular complexity index is 897. The number of amides is 2. The summed E-state index contributed by atoms with van der Waals surface area (Å²) in [5.41, 5.74) is 0.106. The monoisotopic (exact) mass is 398 g/mol. The number of anilines is 1. The molecule has 0 heterocycles. The second kappa shape index (κ2) is 8.17. The Morgan fingerprint density at radius 3 is 2.15 bits per heavy atom. The van der Waals surface area contributed by atoms with E-state index in [-0.39, 0.29) is 10.6 Å². The molecule has 0 fully saturated rings. The number of carbonyl (C=O) groups is 2. The molecule has 0 unspecified atom stereocenters. The molecule has 0 aliphatic carbocycles. The van der Waals surface area contributed by atoms with Gasteiger partial charge in [0.1, 0.15) is 5.75 Å². The van der Waals surface area contributed by atoms with Gasteiger partial charge in [-0.2, -0.15) is 0 Å². The maximum Gasteiger partial charge on any atom is 0.421 e. The SMILES string of the molecule is COC(=O)N(C(=O)COc1ccc(Cl)cc1)c1ccc(S(N)(=O)=O)cc1. The fourth-order valence-corrected chi connectivity index (χ4v) is 2.61. The van der Waals surface area contributed by atoms with Crippen molar-refractivity contribution in [3.05, 3.63) is 53.6 Å². The van der Waals surface area contributed by atoms with Crippen LogP contribution < -0.4 is 14.8 Å². The first kappa shape index (κ1) is 19.7. The summed E-state index contributed by atoms with van der Waals surface area (Å²) < 4.78 is 32.5. The van der Waals surface area contributed by atoms with Gasteiger partial charge >= 0.3 is 6.09 Å². The van der Waals surface area contributed by atoms with Crippen LogP contribution in [-0.4, -0.2) is 34.1 Å². The fourth-order valence-electron chi connectivity index (χ4n) is 1.97. The van der Waals surface area contributed by atoms with Gasteiger partial charge in [0.05, 0.1) is 17.7 Å². The molecule has 2 rings (SSSR count). The number of carbonyl (C=O) groups excluding carboxylic acids is 2. The summed E-state index contributed by atoms with van der Waals surface area (Å²) in [7, 11) is -2.78. The molecule has 0 aliphatic heterocycles. The molecule has 26 heavy (non-hydrogen) atoms. The number of halogens is 1. The third-order valence-corrected chi connectivity index (χ3v) is 4.39. The van der Waals surface area contributed by atoms with E-state index >= 15 is 0 Å². The lowest BCUT2D eigenvalue weighted by atomic mass is 10.3. The van der Waals surface area contributed by atoms with Gasteiger partial charge in [-0.1, -0.05) is 11.6 Å². The van der Waals surface area contributed by atoms with E-state index in [1.54, 1.807) is 24.3 Å². The molecule has 0 aliphatic rings. The quantitative estimate of drug-likeness (QED) is 0.824. The van der Waals surface area contributed by atoms with Crippen LogP contribution in [0.4, 0.5) is 10.5 Å². The van der Waals surface area contributed by atoms with Crippen LogP contribution in [-0.2, 0) is 19.6 Å². The number of benzene rings is 2. The molecule has 2 N–H and O–H groups in total. The lowest BCUT2D eigenvalue weighted by Gasteiger charge is -2.19. The van der Waals surface area contributed by atoms with Crippen LogP contribution in [0.3, 0.4) is 0 Å². The third-order valence-electron chi connectivity index (χ3n) is 3.21. The topological polar surface area (TPSA) is 116 Å². The van der Waals surface area contributed by atoms with Crippen LogP contribution in [0.2, 0.25) is 5.02 Å². The van der Waals surface area contributed by atoms with E-state index in [1.165, 1.54) is 24.3 Å². The Kier molecular flexibility index (Phi) is 6.19. The van der Waals surface area contributed by atoms with Crippen molar-refractivity contribution in [2.24, 2.45) is 5.14 Å². The molecule has 138 valence electrons. The Labute approximate surface area is 155 Å². The highest BCUT2D eigenvalue weighted by Crippen LogP contribution is 2.20. The summed E-state index contributed by atoms with van der Waals surface area (Å²) in [6.45, 7) is -0.451. The lowest BCUT2D eigenvalue weighted by molar-refractivity contribution is -0.120. The highest BCUT2D eigenvalue weighted by atomic mass is 35.5. The molecular weight excluding hydrogens is 384 g/mol. The molecule has 0 bridgehead atoms. The van der Waals surface area contributed by atoms with Crippen molar-refractivity contribution < 1.29 is 27.5 Å². The third kappa shape index (κ3) is 4.94. The van der Waals surface area contributed by atoms with Gasteiger partial charge in [-0.25, -0.2) is 23.3 Å². The largest absolute Gasteiger partial charge is 0.484 e. The summed E-state index contributed by atoms with van der Waals surface area (Å²) in [5.74, 6) is -0.327. The van der Waals surface area contributed by atoms with Crippen LogP contribution in [0.5, 0.6) is 5.75 Å². The molecule has 10 heteroatoms. The second-order valence-corrected chi connectivity index (χ2v) is 6.98. The molecule has 0 aromatic heterocycles. The predicted molar refractivity (Wildman–Crippen MR) is 94.7 cm³/mol. The van der Waals surface area contributed by atoms with E-state index in [2.05, 4.69) is 4.74 Å². The molecule has 2 aromatic carbocycles. The van der Waals surface area contributed by atoms with Gasteiger partial charge in [0.25, 0.3) is 5.91 Å². The number of methoxy groups -OCH3 is 1. The maximum absolute atomic E-state index is 12.4. The zero-order valence-electron chi connectivity index (χ0n) is 13.6. The second-order valence-electron chi connectivity index (χ2n) is 4.98. The zero-order valence-corrected chi connectivity index (χ0v) is 15.2. The van der Waals surface area contributed by atoms with Gasteiger partial charge in [-0.3, -0.25) is 4.79 Å². The smallest absolute Gasteiger partial charge is 0.421 e. The lowest BCUT2D eigenvalue weighted by Crippen LogP contribution is -2.40. The average Bonchev–Trinajstić information content (AvgIpc) is 2.61. The molecule has 0 atom stereocenters. The van der Waals surface area contributed by atoms with Crippen molar-refractivity contribution >= 4 is 39.3 Å². The van der Waals surface area contributed by atoms with Gasteiger partial charge < -0.3 is 9.47 Å². The standard InChI is InChI=1S/C16H15ClN2O6S/c1-24-16(21)19(12-4-8-14(9-5-12)26(18,22)23)15(20)10-25-13-6-2-11(17)3-7-13/h2-9H,10H2,1H3,(H2,18,22,23). The predicted octanol–water partition coefficient (Wildman–Crippen LogP) is 2.17. The summed E-state index contributed by atoms with van der Waals surface area (Å²) in [5, 5.41) is 5.53. The number of rotatable bonds is 5. The van der Waals surface area contributed by atoms with E-state index in [0.717, 1.165) is 12.0 Å². The highest BCUT2D eigenvalue weighted by Gasteiger charge is 2.25. The van der Waals surface area contributed by atoms with E-state index < -0.39 is 28.6 Å². The van der Waals surface area contributed by atoms with Crippen molar-refractivity contribution in [1.29, 1.82) is 0 Å². The maximum atomic E-state index is 12.4. The van der Waals surface area contributed by atoms with Crippen molar-refractivity contribution in [3.63, 3.8) is 0 Å². The molecule has 2 aromatic rings. The summed E-state index contributed by atoms with van der Waals surface area (Å²) in [4.78, 5) is 24.9. The van der Waals surface area contributed by atoms with Gasteiger partial charge in [-0.05, 0) is 48.5 Å². The Balaban J connectivity index is 2.19. The molecule has 0 spiro atoms. The number of hydrogen-bond acceptors (Lipinski definition) is 6. The van der Waals surface area contributed by atoms with Crippen molar-refractivity contribution in [1.82, 2.24) is 0 Å². The fraction of sp³-hybridized carbons (Fsp3) is 0.125. The van der Waals surface area contributed by atoms with E-state index in [0.29, 0.717) is 10.8 Å². The number of imide groups is 1. The van der Waals surface area contributed by atoms with E-state index in [4.69, 9.17) is 21.5 Å². The first-order valence-electron chi connectivity index (χ1n) is 7.14. The molecule has 0 saturated heterocycles. The normalized spacial score (nSPS) is 10.9. The molecule has 2 amide bonds. The Hall–Kier alpha value is -2.62. The Morgan fingerprint density at radius 2 is 1.65 bits per heavy atom. The van der Waals surface area contributed by atoms with Gasteiger partial charge in [0.2, 0.25) is 10.0 Å². The summed E-state index contributed by atoms with van der Waals surface area (Å²) in [6, 6.07) is 11.2. The summed E-state index contributed by atoms with van der Waals surface area (Å²) >= 11 is 5.77. The molecule has 0 radical (unpaired) electrons. The van der Waals surface area contributed by atoms with Crippen LogP contribution in [0, 0.1) is 0 Å². The number of ether oxygens (including phenoxy) is 2. The van der Waals surface area contributed by atoms with Crippen LogP contribution in [0.1, 0.15) is 0 Å². The van der Waals surface area contributed by atoms with Crippen molar-refractivity contribution in [2.75, 3.05) is 18.6 Å². The van der Waals surface area contributed by atoms with Gasteiger partial charge in [-0.15, -0.1) is 0 Å². The minimum atomic E-state index is -3.90. The highest BCUT2D eigenvalue weighted by molar-refractivity contribution is 7.89. The number of primary sulfonamides is 1. The van der Waals surface area contributed by atoms with E-state index in [9.17, 15) is 18.0 Å². The molecule has 0 saturated carbocycles. The minimum Gasteiger partial charge on any atom is -0.484 e. The average molecular weight is 399 g/mol. The number of nitrogens with two attached hydrogens (primary N) is 1. The minimum absolute atomic E-state index is 0.106.